The van der Waals surface area contributed by atoms with Crippen LogP contribution < -0.4 is 0 Å². The topological polar surface area (TPSA) is 68.6 Å². The Morgan fingerprint density at radius 2 is 1.02 bits per heavy atom. The van der Waals surface area contributed by atoms with Crippen LogP contribution in [0.2, 0.25) is 20.6 Å². The van der Waals surface area contributed by atoms with Crippen LogP contribution in [0.15, 0.2) is 157 Å². The lowest BCUT2D eigenvalue weighted by Gasteiger charge is -2.10. The molecule has 0 radical (unpaired) electrons. The van der Waals surface area contributed by atoms with E-state index in [9.17, 15) is 4.21 Å². The molecular weight excluding hydrogens is 818 g/mol. The fraction of sp³-hybridized carbons (Fsp3) is 0.0222. The SMILES string of the molecule is CS(=O)c1ccc(Cl)cc1-c1cc(-c2ccc(-c3ccccc3)cc2)nc(Cl)n1.Clc1ccc2sc3c(-c4ccc(-c5ccccc5)cc4)nc(Cl)nc3c2c1. The zero-order valence-corrected chi connectivity index (χ0v) is 34.1. The Morgan fingerprint density at radius 3 is 1.64 bits per heavy atom. The molecule has 1 unspecified atom stereocenters. The number of halogens is 4. The molecule has 0 aliphatic carbocycles. The highest BCUT2D eigenvalue weighted by Gasteiger charge is 2.16. The van der Waals surface area contributed by atoms with Crippen molar-refractivity contribution < 1.29 is 4.21 Å². The van der Waals surface area contributed by atoms with Crippen LogP contribution in [0.1, 0.15) is 0 Å². The van der Waals surface area contributed by atoms with E-state index in [1.54, 1.807) is 35.8 Å². The van der Waals surface area contributed by atoms with E-state index in [0.717, 1.165) is 48.3 Å². The van der Waals surface area contributed by atoms with Gasteiger partial charge in [-0.25, -0.2) is 19.9 Å². The molecule has 9 rings (SSSR count). The average Bonchev–Trinajstić information content (AvgIpc) is 3.58. The zero-order valence-electron chi connectivity index (χ0n) is 29.5. The van der Waals surface area contributed by atoms with Crippen molar-refractivity contribution in [2.75, 3.05) is 6.26 Å². The normalized spacial score (nSPS) is 11.7. The van der Waals surface area contributed by atoms with Gasteiger partial charge in [-0.05, 0) is 87.9 Å². The Bertz CT molecular complexity index is 2870. The van der Waals surface area contributed by atoms with E-state index < -0.39 is 10.8 Å². The summed E-state index contributed by atoms with van der Waals surface area (Å²) < 4.78 is 14.3. The molecule has 0 N–H and O–H groups in total. The van der Waals surface area contributed by atoms with Crippen molar-refractivity contribution in [1.82, 2.24) is 19.9 Å². The molecule has 0 aliphatic heterocycles. The highest BCUT2D eigenvalue weighted by Crippen LogP contribution is 2.40. The molecule has 1 atom stereocenters. The standard InChI is InChI=1S/C23H16Cl2N2OS.C22H12Cl2N2S/c1-29(28)22-12-11-18(24)13-19(22)21-14-20(26-23(25)27-21)17-9-7-16(8-10-17)15-5-3-2-4-6-15;23-16-10-11-18-17(12-16)20-21(27-18)19(25-22(24)26-20)15-8-6-14(7-9-15)13-4-2-1-3-5-13/h2-14H,1H3;1-12H. The van der Waals surface area contributed by atoms with Gasteiger partial charge in [-0.2, -0.15) is 0 Å². The Hall–Kier alpha value is -4.99. The van der Waals surface area contributed by atoms with Gasteiger partial charge >= 0.3 is 0 Å². The quantitative estimate of drug-likeness (QED) is 0.156. The molecule has 0 aliphatic rings. The number of benzene rings is 6. The van der Waals surface area contributed by atoms with Crippen LogP contribution in [-0.4, -0.2) is 30.4 Å². The summed E-state index contributed by atoms with van der Waals surface area (Å²) in [5.41, 5.74) is 10.2. The molecule has 0 bridgehead atoms. The highest BCUT2D eigenvalue weighted by molar-refractivity contribution is 7.84. The first-order valence-electron chi connectivity index (χ1n) is 17.2. The first-order chi connectivity index (χ1) is 27.2. The second-order valence-electron chi connectivity index (χ2n) is 12.7. The van der Waals surface area contributed by atoms with E-state index in [-0.39, 0.29) is 10.6 Å². The van der Waals surface area contributed by atoms with Gasteiger partial charge in [0.25, 0.3) is 0 Å². The average molecular weight is 847 g/mol. The molecule has 3 heterocycles. The lowest BCUT2D eigenvalue weighted by molar-refractivity contribution is 0.687. The van der Waals surface area contributed by atoms with Crippen molar-refractivity contribution in [3.8, 4) is 56.0 Å². The van der Waals surface area contributed by atoms with Crippen molar-refractivity contribution in [2.45, 2.75) is 4.90 Å². The van der Waals surface area contributed by atoms with Gasteiger partial charge < -0.3 is 0 Å². The largest absolute Gasteiger partial charge is 0.255 e. The fourth-order valence-electron chi connectivity index (χ4n) is 6.36. The number of aromatic nitrogens is 4. The Balaban J connectivity index is 0.000000158. The van der Waals surface area contributed by atoms with Crippen LogP contribution in [-0.2, 0) is 10.8 Å². The van der Waals surface area contributed by atoms with Crippen molar-refractivity contribution in [3.05, 3.63) is 172 Å². The smallest absolute Gasteiger partial charge is 0.223 e. The molecule has 0 spiro atoms. The van der Waals surface area contributed by atoms with Gasteiger partial charge in [0.15, 0.2) is 0 Å². The maximum Gasteiger partial charge on any atom is 0.223 e. The molecule has 56 heavy (non-hydrogen) atoms. The van der Waals surface area contributed by atoms with Crippen LogP contribution in [0.25, 0.3) is 76.3 Å². The van der Waals surface area contributed by atoms with Gasteiger partial charge in [0, 0.05) is 48.0 Å². The van der Waals surface area contributed by atoms with Crippen LogP contribution in [0.4, 0.5) is 0 Å². The molecule has 0 saturated heterocycles. The van der Waals surface area contributed by atoms with Gasteiger partial charge in [-0.15, -0.1) is 11.3 Å². The van der Waals surface area contributed by atoms with E-state index in [1.165, 1.54) is 11.1 Å². The molecule has 11 heteroatoms. The minimum Gasteiger partial charge on any atom is -0.255 e. The van der Waals surface area contributed by atoms with Crippen molar-refractivity contribution in [3.63, 3.8) is 0 Å². The lowest BCUT2D eigenvalue weighted by atomic mass is 10.0. The predicted molar refractivity (Wildman–Crippen MR) is 237 cm³/mol. The van der Waals surface area contributed by atoms with Crippen LogP contribution >= 0.6 is 57.7 Å². The summed E-state index contributed by atoms with van der Waals surface area (Å²) in [5.74, 6) is 0. The lowest BCUT2D eigenvalue weighted by Crippen LogP contribution is -1.97. The molecule has 0 fully saturated rings. The first-order valence-corrected chi connectivity index (χ1v) is 21.1. The maximum absolute atomic E-state index is 12.2. The third-order valence-electron chi connectivity index (χ3n) is 9.03. The van der Waals surface area contributed by atoms with Gasteiger partial charge in [0.1, 0.15) is 0 Å². The molecule has 3 aromatic heterocycles. The van der Waals surface area contributed by atoms with Gasteiger partial charge in [0.2, 0.25) is 10.6 Å². The number of thiophene rings is 1. The predicted octanol–water partition coefficient (Wildman–Crippen LogP) is 14.0. The van der Waals surface area contributed by atoms with E-state index in [1.807, 2.05) is 84.9 Å². The Morgan fingerprint density at radius 1 is 0.500 bits per heavy atom. The summed E-state index contributed by atoms with van der Waals surface area (Å²) in [7, 11) is -1.19. The molecule has 6 aromatic carbocycles. The zero-order chi connectivity index (χ0) is 38.8. The fourth-order valence-corrected chi connectivity index (χ4v) is 8.92. The molecule has 5 nitrogen and oxygen atoms in total. The molecular formula is C45H28Cl4N4OS2. The van der Waals surface area contributed by atoms with Gasteiger partial charge in [0.05, 0.1) is 38.1 Å². The summed E-state index contributed by atoms with van der Waals surface area (Å²) in [6.45, 7) is 0. The monoisotopic (exact) mass is 844 g/mol. The number of rotatable bonds is 6. The maximum atomic E-state index is 12.2. The third kappa shape index (κ3) is 8.25. The van der Waals surface area contributed by atoms with E-state index in [0.29, 0.717) is 31.9 Å². The Labute approximate surface area is 350 Å². The minimum atomic E-state index is -1.19. The van der Waals surface area contributed by atoms with Crippen molar-refractivity contribution in [1.29, 1.82) is 0 Å². The molecule has 9 aromatic rings. The second kappa shape index (κ2) is 16.6. The van der Waals surface area contributed by atoms with Crippen LogP contribution in [0, 0.1) is 0 Å². The molecule has 0 saturated carbocycles. The van der Waals surface area contributed by atoms with Crippen LogP contribution in [0.3, 0.4) is 0 Å². The third-order valence-corrected chi connectivity index (χ3v) is 12.0. The van der Waals surface area contributed by atoms with E-state index in [2.05, 4.69) is 68.5 Å². The Kier molecular flexibility index (Phi) is 11.3. The number of fused-ring (bicyclic) bond motifs is 3. The summed E-state index contributed by atoms with van der Waals surface area (Å²) in [5, 5.41) is 2.60. The van der Waals surface area contributed by atoms with Gasteiger partial charge in [-0.3, -0.25) is 4.21 Å². The number of hydrogen-bond donors (Lipinski definition) is 0. The summed E-state index contributed by atoms with van der Waals surface area (Å²) in [6, 6.07) is 49.8. The number of hydrogen-bond acceptors (Lipinski definition) is 6. The minimum absolute atomic E-state index is 0.123. The molecule has 274 valence electrons. The van der Waals surface area contributed by atoms with Crippen LogP contribution in [0.5, 0.6) is 0 Å². The van der Waals surface area contributed by atoms with E-state index in [4.69, 9.17) is 46.4 Å². The second-order valence-corrected chi connectivity index (χ2v) is 16.6. The molecule has 0 amide bonds. The van der Waals surface area contributed by atoms with Crippen molar-refractivity contribution in [2.24, 2.45) is 0 Å². The van der Waals surface area contributed by atoms with E-state index >= 15 is 0 Å². The first kappa shape index (κ1) is 37.9. The highest BCUT2D eigenvalue weighted by atomic mass is 35.5. The summed E-state index contributed by atoms with van der Waals surface area (Å²) in [4.78, 5) is 18.3. The van der Waals surface area contributed by atoms with Crippen molar-refractivity contribution >= 4 is 88.8 Å². The summed E-state index contributed by atoms with van der Waals surface area (Å²) in [6.07, 6.45) is 1.62. The number of nitrogens with zero attached hydrogens (tertiary/aromatic N) is 4. The summed E-state index contributed by atoms with van der Waals surface area (Å²) >= 11 is 26.5. The van der Waals surface area contributed by atoms with Gasteiger partial charge in [-0.1, -0.05) is 132 Å².